The minimum absolute atomic E-state index is 0. The molecule has 1 nitrogen and oxygen atoms in total. The van der Waals surface area contributed by atoms with E-state index in [9.17, 15) is 8.78 Å². The van der Waals surface area contributed by atoms with E-state index in [1.807, 2.05) is 0 Å². The lowest BCUT2D eigenvalue weighted by molar-refractivity contribution is 0.556. The lowest BCUT2D eigenvalue weighted by Crippen LogP contribution is -2.06. The van der Waals surface area contributed by atoms with Gasteiger partial charge in [0.2, 0.25) is 0 Å². The Labute approximate surface area is 86.3 Å². The Morgan fingerprint density at radius 2 is 1.92 bits per heavy atom. The van der Waals surface area contributed by atoms with Gasteiger partial charge in [-0.05, 0) is 25.1 Å². The van der Waals surface area contributed by atoms with Gasteiger partial charge < -0.3 is 5.73 Å². The molecule has 0 radical (unpaired) electrons. The molecule has 1 aromatic rings. The molecule has 0 aliphatic rings. The van der Waals surface area contributed by atoms with Crippen molar-refractivity contribution in [2.24, 2.45) is 5.73 Å². The second-order valence-electron chi connectivity index (χ2n) is 2.36. The van der Waals surface area contributed by atoms with Crippen LogP contribution in [0.3, 0.4) is 0 Å². The molecule has 0 aromatic heterocycles. The first-order valence-electron chi connectivity index (χ1n) is 3.49. The minimum Gasteiger partial charge on any atom is -0.330 e. The van der Waals surface area contributed by atoms with Crippen molar-refractivity contribution in [1.82, 2.24) is 0 Å². The highest BCUT2D eigenvalue weighted by molar-refractivity contribution is 6.30. The normalized spacial score (nSPS) is 9.54. The van der Waals surface area contributed by atoms with Crippen molar-refractivity contribution in [2.75, 3.05) is 6.54 Å². The molecule has 0 aliphatic heterocycles. The summed E-state index contributed by atoms with van der Waals surface area (Å²) in [6.07, 6.45) is 0.165. The maximum Gasteiger partial charge on any atom is 0.147 e. The molecule has 0 unspecified atom stereocenters. The summed E-state index contributed by atoms with van der Waals surface area (Å²) in [7, 11) is 0. The van der Waals surface area contributed by atoms with Crippen molar-refractivity contribution >= 4 is 24.0 Å². The van der Waals surface area contributed by atoms with Crippen LogP contribution < -0.4 is 5.73 Å². The van der Waals surface area contributed by atoms with Gasteiger partial charge >= 0.3 is 0 Å². The Balaban J connectivity index is 0.00000144. The number of benzene rings is 1. The van der Waals surface area contributed by atoms with Crippen LogP contribution in [-0.4, -0.2) is 6.54 Å². The molecular formula is C8H9Cl2F2N. The number of hydrogen-bond acceptors (Lipinski definition) is 1. The molecule has 0 fully saturated rings. The number of halogens is 4. The van der Waals surface area contributed by atoms with Gasteiger partial charge in [0.15, 0.2) is 0 Å². The van der Waals surface area contributed by atoms with E-state index in [2.05, 4.69) is 0 Å². The molecule has 0 atom stereocenters. The first-order chi connectivity index (χ1) is 5.66. The number of hydrogen-bond donors (Lipinski definition) is 1. The largest absolute Gasteiger partial charge is 0.330 e. The molecule has 74 valence electrons. The van der Waals surface area contributed by atoms with Crippen LogP contribution in [0.1, 0.15) is 5.56 Å². The summed E-state index contributed by atoms with van der Waals surface area (Å²) in [5.74, 6) is -1.30. The van der Waals surface area contributed by atoms with E-state index in [1.54, 1.807) is 0 Å². The third-order valence-electron chi connectivity index (χ3n) is 1.53. The molecule has 0 bridgehead atoms. The van der Waals surface area contributed by atoms with Gasteiger partial charge in [-0.2, -0.15) is 0 Å². The van der Waals surface area contributed by atoms with Gasteiger partial charge in [-0.25, -0.2) is 8.78 Å². The average Bonchev–Trinajstić information content (AvgIpc) is 2.06. The van der Waals surface area contributed by atoms with E-state index in [0.29, 0.717) is 0 Å². The molecule has 0 saturated heterocycles. The Bertz CT molecular complexity index is 292. The molecule has 0 amide bonds. The minimum atomic E-state index is -0.706. The lowest BCUT2D eigenvalue weighted by Gasteiger charge is -2.03. The lowest BCUT2D eigenvalue weighted by atomic mass is 10.1. The van der Waals surface area contributed by atoms with Crippen LogP contribution in [0.25, 0.3) is 0 Å². The zero-order chi connectivity index (χ0) is 9.14. The van der Waals surface area contributed by atoms with Crippen molar-refractivity contribution in [3.05, 3.63) is 34.4 Å². The summed E-state index contributed by atoms with van der Waals surface area (Å²) < 4.78 is 25.9. The second-order valence-corrected chi connectivity index (χ2v) is 2.77. The Morgan fingerprint density at radius 3 is 2.46 bits per heavy atom. The van der Waals surface area contributed by atoms with Crippen molar-refractivity contribution in [1.29, 1.82) is 0 Å². The summed E-state index contributed by atoms with van der Waals surface area (Å²) in [4.78, 5) is 0. The first kappa shape index (κ1) is 12.6. The van der Waals surface area contributed by atoms with Crippen LogP contribution in [0.15, 0.2) is 12.1 Å². The molecule has 5 heteroatoms. The third kappa shape index (κ3) is 2.79. The molecule has 2 N–H and O–H groups in total. The van der Waals surface area contributed by atoms with Gasteiger partial charge in [0.25, 0.3) is 0 Å². The Hall–Kier alpha value is -0.380. The van der Waals surface area contributed by atoms with Crippen molar-refractivity contribution < 1.29 is 8.78 Å². The van der Waals surface area contributed by atoms with Crippen LogP contribution in [0.4, 0.5) is 8.78 Å². The average molecular weight is 228 g/mol. The third-order valence-corrected chi connectivity index (χ3v) is 1.83. The van der Waals surface area contributed by atoms with Gasteiger partial charge in [0, 0.05) is 5.56 Å². The number of nitrogens with two attached hydrogens (primary N) is 1. The molecular weight excluding hydrogens is 219 g/mol. The molecule has 13 heavy (non-hydrogen) atoms. The van der Waals surface area contributed by atoms with Crippen LogP contribution >= 0.6 is 24.0 Å². The van der Waals surface area contributed by atoms with E-state index in [4.69, 9.17) is 17.3 Å². The second kappa shape index (κ2) is 5.37. The topological polar surface area (TPSA) is 26.0 Å². The molecule has 0 spiro atoms. The van der Waals surface area contributed by atoms with Crippen molar-refractivity contribution in [3.63, 3.8) is 0 Å². The van der Waals surface area contributed by atoms with E-state index in [-0.39, 0.29) is 36.0 Å². The smallest absolute Gasteiger partial charge is 0.147 e. The highest BCUT2D eigenvalue weighted by atomic mass is 35.5. The highest BCUT2D eigenvalue weighted by Gasteiger charge is 2.10. The molecule has 1 rings (SSSR count). The fourth-order valence-electron chi connectivity index (χ4n) is 0.943. The van der Waals surface area contributed by atoms with Crippen molar-refractivity contribution in [3.8, 4) is 0 Å². The van der Waals surface area contributed by atoms with Gasteiger partial charge in [-0.3, -0.25) is 0 Å². The van der Waals surface area contributed by atoms with Gasteiger partial charge in [0.1, 0.15) is 11.6 Å². The van der Waals surface area contributed by atoms with E-state index < -0.39 is 11.6 Å². The maximum atomic E-state index is 13.0. The van der Waals surface area contributed by atoms with E-state index in [1.165, 1.54) is 6.07 Å². The van der Waals surface area contributed by atoms with Gasteiger partial charge in [0.05, 0.1) is 5.02 Å². The zero-order valence-electron chi connectivity index (χ0n) is 6.69. The van der Waals surface area contributed by atoms with Crippen LogP contribution in [0.2, 0.25) is 5.02 Å². The quantitative estimate of drug-likeness (QED) is 0.773. The zero-order valence-corrected chi connectivity index (χ0v) is 8.26. The van der Waals surface area contributed by atoms with Gasteiger partial charge in [-0.1, -0.05) is 11.6 Å². The van der Waals surface area contributed by atoms with Crippen LogP contribution in [0.5, 0.6) is 0 Å². The SMILES string of the molecule is Cl.NCCc1c(F)ccc(Cl)c1F. The molecule has 0 heterocycles. The fraction of sp³-hybridized carbons (Fsp3) is 0.250. The standard InChI is InChI=1S/C8H8ClF2N.ClH/c9-6-1-2-7(10)5(3-4-12)8(6)11;/h1-2H,3-4,12H2;1H. The summed E-state index contributed by atoms with van der Waals surface area (Å²) >= 11 is 5.44. The molecule has 0 saturated carbocycles. The summed E-state index contributed by atoms with van der Waals surface area (Å²) in [5.41, 5.74) is 5.13. The first-order valence-corrected chi connectivity index (χ1v) is 3.87. The summed E-state index contributed by atoms with van der Waals surface area (Å²) in [6, 6.07) is 2.32. The highest BCUT2D eigenvalue weighted by Crippen LogP contribution is 2.20. The predicted octanol–water partition coefficient (Wildman–Crippen LogP) is 2.54. The fourth-order valence-corrected chi connectivity index (χ4v) is 1.12. The van der Waals surface area contributed by atoms with Crippen LogP contribution in [-0.2, 0) is 6.42 Å². The Kier molecular flexibility index (Phi) is 5.21. The monoisotopic (exact) mass is 227 g/mol. The number of rotatable bonds is 2. The molecule has 0 aliphatic carbocycles. The predicted molar refractivity (Wildman–Crippen MR) is 51.4 cm³/mol. The Morgan fingerprint density at radius 1 is 1.31 bits per heavy atom. The maximum absolute atomic E-state index is 13.0. The van der Waals surface area contributed by atoms with E-state index in [0.717, 1.165) is 6.07 Å². The van der Waals surface area contributed by atoms with Crippen LogP contribution in [0, 0.1) is 11.6 Å². The van der Waals surface area contributed by atoms with E-state index >= 15 is 0 Å². The summed E-state index contributed by atoms with van der Waals surface area (Å²) in [5, 5.41) is -0.0696. The summed E-state index contributed by atoms with van der Waals surface area (Å²) in [6.45, 7) is 0.203. The molecule has 1 aromatic carbocycles. The van der Waals surface area contributed by atoms with Crippen molar-refractivity contribution in [2.45, 2.75) is 6.42 Å². The van der Waals surface area contributed by atoms with Gasteiger partial charge in [-0.15, -0.1) is 12.4 Å².